The van der Waals surface area contributed by atoms with Gasteiger partial charge in [-0.15, -0.1) is 0 Å². The van der Waals surface area contributed by atoms with Gasteiger partial charge < -0.3 is 20.5 Å². The maximum absolute atomic E-state index is 11.6. The number of Topliss-reactive ketones (excluding diaryl/α,β-unsaturated/α-hetero) is 1. The first-order valence-electron chi connectivity index (χ1n) is 6.32. The van der Waals surface area contributed by atoms with Crippen molar-refractivity contribution >= 4 is 17.4 Å². The Balaban J connectivity index is 2.84. The van der Waals surface area contributed by atoms with Crippen molar-refractivity contribution in [2.75, 3.05) is 25.5 Å². The lowest BCUT2D eigenvalue weighted by Crippen LogP contribution is -2.29. The number of hydrogen-bond donors (Lipinski definition) is 3. The van der Waals surface area contributed by atoms with Crippen LogP contribution >= 0.6 is 0 Å². The van der Waals surface area contributed by atoms with Gasteiger partial charge in [-0.2, -0.15) is 0 Å². The van der Waals surface area contributed by atoms with Crippen molar-refractivity contribution in [1.29, 1.82) is 0 Å². The molecule has 0 fully saturated rings. The highest BCUT2D eigenvalue weighted by Crippen LogP contribution is 2.23. The number of ketones is 1. The topological polar surface area (TPSA) is 87.7 Å². The molecule has 0 aliphatic rings. The first kappa shape index (κ1) is 16.1. The fourth-order valence-corrected chi connectivity index (χ4v) is 1.69. The van der Waals surface area contributed by atoms with E-state index in [9.17, 15) is 14.7 Å². The van der Waals surface area contributed by atoms with Crippen LogP contribution in [0.3, 0.4) is 0 Å². The summed E-state index contributed by atoms with van der Waals surface area (Å²) in [5, 5.41) is 15.0. The van der Waals surface area contributed by atoms with Crippen LogP contribution < -0.4 is 15.4 Å². The second-order valence-corrected chi connectivity index (χ2v) is 4.47. The standard InChI is InChI=1S/C14H20N2O4/c1-9(17)13-6-11(16-10(2)18)4-5-14(13)20-8-12(19)7-15-3/h4-6,12,15,19H,7-8H2,1-3H3,(H,16,18). The minimum Gasteiger partial charge on any atom is -0.490 e. The predicted octanol–water partition coefficient (Wildman–Crippen LogP) is 0.807. The Morgan fingerprint density at radius 1 is 1.35 bits per heavy atom. The van der Waals surface area contributed by atoms with E-state index < -0.39 is 6.10 Å². The van der Waals surface area contributed by atoms with Gasteiger partial charge in [-0.05, 0) is 32.2 Å². The van der Waals surface area contributed by atoms with Crippen molar-refractivity contribution in [3.05, 3.63) is 23.8 Å². The number of nitrogens with one attached hydrogen (secondary N) is 2. The summed E-state index contributed by atoms with van der Waals surface area (Å²) in [7, 11) is 1.73. The Kier molecular flexibility index (Phi) is 6.14. The molecule has 1 amide bonds. The van der Waals surface area contributed by atoms with E-state index >= 15 is 0 Å². The molecule has 1 unspecified atom stereocenters. The van der Waals surface area contributed by atoms with Crippen LogP contribution in [0.1, 0.15) is 24.2 Å². The smallest absolute Gasteiger partial charge is 0.221 e. The first-order chi connectivity index (χ1) is 9.43. The molecule has 1 aromatic carbocycles. The second kappa shape index (κ2) is 7.62. The molecule has 0 radical (unpaired) electrons. The van der Waals surface area contributed by atoms with Gasteiger partial charge in [-0.1, -0.05) is 0 Å². The average molecular weight is 280 g/mol. The van der Waals surface area contributed by atoms with E-state index in [4.69, 9.17) is 4.74 Å². The number of rotatable bonds is 7. The Morgan fingerprint density at radius 2 is 2.05 bits per heavy atom. The highest BCUT2D eigenvalue weighted by molar-refractivity contribution is 5.99. The fourth-order valence-electron chi connectivity index (χ4n) is 1.69. The number of aliphatic hydroxyl groups is 1. The van der Waals surface area contributed by atoms with Gasteiger partial charge >= 0.3 is 0 Å². The molecule has 1 rings (SSSR count). The largest absolute Gasteiger partial charge is 0.490 e. The summed E-state index contributed by atoms with van der Waals surface area (Å²) in [4.78, 5) is 22.6. The minimum atomic E-state index is -0.658. The second-order valence-electron chi connectivity index (χ2n) is 4.47. The van der Waals surface area contributed by atoms with Gasteiger partial charge in [0.2, 0.25) is 5.91 Å². The SMILES string of the molecule is CNCC(O)COc1ccc(NC(C)=O)cc1C(C)=O. The summed E-state index contributed by atoms with van der Waals surface area (Å²) in [5.41, 5.74) is 0.902. The van der Waals surface area contributed by atoms with Crippen molar-refractivity contribution < 1.29 is 19.4 Å². The van der Waals surface area contributed by atoms with Crippen molar-refractivity contribution in [2.24, 2.45) is 0 Å². The van der Waals surface area contributed by atoms with Crippen LogP contribution in [0.15, 0.2) is 18.2 Å². The summed E-state index contributed by atoms with van der Waals surface area (Å²) < 4.78 is 5.45. The lowest BCUT2D eigenvalue weighted by Gasteiger charge is -2.14. The molecule has 6 heteroatoms. The Bertz CT molecular complexity index is 488. The van der Waals surface area contributed by atoms with Crippen molar-refractivity contribution in [2.45, 2.75) is 20.0 Å². The van der Waals surface area contributed by atoms with E-state index in [1.54, 1.807) is 25.2 Å². The van der Waals surface area contributed by atoms with Gasteiger partial charge in [-0.3, -0.25) is 9.59 Å². The zero-order chi connectivity index (χ0) is 15.1. The van der Waals surface area contributed by atoms with Crippen LogP contribution in [0.4, 0.5) is 5.69 Å². The van der Waals surface area contributed by atoms with Gasteiger partial charge in [0.1, 0.15) is 18.5 Å². The number of amides is 1. The first-order valence-corrected chi connectivity index (χ1v) is 6.32. The summed E-state index contributed by atoms with van der Waals surface area (Å²) in [5.74, 6) is 0.00896. The van der Waals surface area contributed by atoms with Crippen molar-refractivity contribution in [1.82, 2.24) is 5.32 Å². The summed E-state index contributed by atoms with van der Waals surface area (Å²) in [6, 6.07) is 4.81. The normalized spacial score (nSPS) is 11.8. The quantitative estimate of drug-likeness (QED) is 0.643. The molecule has 0 aliphatic heterocycles. The molecular weight excluding hydrogens is 260 g/mol. The van der Waals surface area contributed by atoms with Crippen LogP contribution in [-0.2, 0) is 4.79 Å². The Morgan fingerprint density at radius 3 is 2.60 bits per heavy atom. The van der Waals surface area contributed by atoms with Gasteiger partial charge in [0.05, 0.1) is 5.56 Å². The Hall–Kier alpha value is -1.92. The van der Waals surface area contributed by atoms with E-state index in [2.05, 4.69) is 10.6 Å². The highest BCUT2D eigenvalue weighted by Gasteiger charge is 2.12. The molecule has 0 saturated carbocycles. The van der Waals surface area contributed by atoms with Gasteiger partial charge in [0.15, 0.2) is 5.78 Å². The lowest BCUT2D eigenvalue weighted by atomic mass is 10.1. The number of ether oxygens (including phenoxy) is 1. The molecule has 3 N–H and O–H groups in total. The summed E-state index contributed by atoms with van der Waals surface area (Å²) in [6.07, 6.45) is -0.658. The molecule has 20 heavy (non-hydrogen) atoms. The van der Waals surface area contributed by atoms with Gasteiger partial charge in [0, 0.05) is 19.2 Å². The fraction of sp³-hybridized carbons (Fsp3) is 0.429. The van der Waals surface area contributed by atoms with Crippen molar-refractivity contribution in [3.63, 3.8) is 0 Å². The maximum Gasteiger partial charge on any atom is 0.221 e. The number of likely N-dealkylation sites (N-methyl/N-ethyl adjacent to an activating group) is 1. The number of carbonyl (C=O) groups is 2. The van der Waals surface area contributed by atoms with Gasteiger partial charge in [0.25, 0.3) is 0 Å². The van der Waals surface area contributed by atoms with Gasteiger partial charge in [-0.25, -0.2) is 0 Å². The molecule has 0 bridgehead atoms. The summed E-state index contributed by atoms with van der Waals surface area (Å²) >= 11 is 0. The molecular formula is C14H20N2O4. The molecule has 0 spiro atoms. The number of anilines is 1. The van der Waals surface area contributed by atoms with Crippen LogP contribution in [-0.4, -0.2) is 43.1 Å². The molecule has 110 valence electrons. The molecule has 1 atom stereocenters. The molecule has 1 aromatic rings. The number of benzene rings is 1. The summed E-state index contributed by atoms with van der Waals surface area (Å²) in [6.45, 7) is 3.30. The zero-order valence-corrected chi connectivity index (χ0v) is 11.9. The lowest BCUT2D eigenvalue weighted by molar-refractivity contribution is -0.114. The van der Waals surface area contributed by atoms with E-state index in [1.807, 2.05) is 0 Å². The third kappa shape index (κ3) is 4.99. The van der Waals surface area contributed by atoms with E-state index in [-0.39, 0.29) is 18.3 Å². The van der Waals surface area contributed by atoms with E-state index in [0.29, 0.717) is 23.5 Å². The van der Waals surface area contributed by atoms with E-state index in [0.717, 1.165) is 0 Å². The number of aliphatic hydroxyl groups excluding tert-OH is 1. The molecule has 0 aliphatic carbocycles. The van der Waals surface area contributed by atoms with Crippen LogP contribution in [0, 0.1) is 0 Å². The molecule has 0 aromatic heterocycles. The van der Waals surface area contributed by atoms with Crippen LogP contribution in [0.5, 0.6) is 5.75 Å². The van der Waals surface area contributed by atoms with Crippen LogP contribution in [0.25, 0.3) is 0 Å². The monoisotopic (exact) mass is 280 g/mol. The van der Waals surface area contributed by atoms with Crippen LogP contribution in [0.2, 0.25) is 0 Å². The molecule has 0 heterocycles. The van der Waals surface area contributed by atoms with Crippen molar-refractivity contribution in [3.8, 4) is 5.75 Å². The highest BCUT2D eigenvalue weighted by atomic mass is 16.5. The Labute approximate surface area is 118 Å². The maximum atomic E-state index is 11.6. The number of hydrogen-bond acceptors (Lipinski definition) is 5. The number of carbonyl (C=O) groups excluding carboxylic acids is 2. The third-order valence-electron chi connectivity index (χ3n) is 2.55. The van der Waals surface area contributed by atoms with E-state index in [1.165, 1.54) is 13.8 Å². The zero-order valence-electron chi connectivity index (χ0n) is 11.9. The molecule has 6 nitrogen and oxygen atoms in total. The third-order valence-corrected chi connectivity index (χ3v) is 2.55. The average Bonchev–Trinajstić information content (AvgIpc) is 2.36. The minimum absolute atomic E-state index is 0.0839. The predicted molar refractivity (Wildman–Crippen MR) is 76.2 cm³/mol. The molecule has 0 saturated heterocycles.